The van der Waals surface area contributed by atoms with Gasteiger partial charge in [-0.1, -0.05) is 29.8 Å². The summed E-state index contributed by atoms with van der Waals surface area (Å²) < 4.78 is 17.5. The molecule has 5 heteroatoms. The Bertz CT molecular complexity index is 1110. The monoisotopic (exact) mass is 387 g/mol. The lowest BCUT2D eigenvalue weighted by atomic mass is 9.98. The molecule has 0 N–H and O–H groups in total. The summed E-state index contributed by atoms with van der Waals surface area (Å²) in [6.45, 7) is 5.69. The lowest BCUT2D eigenvalue weighted by Crippen LogP contribution is -2.31. The Labute approximate surface area is 169 Å². The van der Waals surface area contributed by atoms with Crippen LogP contribution in [0.1, 0.15) is 38.4 Å². The molecule has 5 rings (SSSR count). The van der Waals surface area contributed by atoms with Crippen LogP contribution < -0.4 is 9.47 Å². The summed E-state index contributed by atoms with van der Waals surface area (Å²) in [4.78, 5) is 15.2. The van der Waals surface area contributed by atoms with E-state index >= 15 is 0 Å². The number of aryl methyl sites for hydroxylation is 2. The highest BCUT2D eigenvalue weighted by molar-refractivity contribution is 6.15. The first kappa shape index (κ1) is 17.8. The minimum atomic E-state index is -0.0796. The molecule has 0 atom stereocenters. The Morgan fingerprint density at radius 1 is 1.14 bits per heavy atom. The molecular weight excluding hydrogens is 366 g/mol. The van der Waals surface area contributed by atoms with E-state index < -0.39 is 0 Å². The van der Waals surface area contributed by atoms with Crippen molar-refractivity contribution in [1.29, 1.82) is 0 Å². The van der Waals surface area contributed by atoms with Gasteiger partial charge >= 0.3 is 0 Å². The standard InChI is InChI=1S/C24H21NO4/c1-15-5-7-17(8-6-15)11-21-23(26)22-16(2)10-20-19(24(22)29-21)13-25(14-28-20)12-18-4-3-9-27-18/h3-11H,12-14H2,1-2H3/b21-11-. The van der Waals surface area contributed by atoms with Gasteiger partial charge in [0, 0.05) is 6.54 Å². The Kier molecular flexibility index (Phi) is 4.25. The van der Waals surface area contributed by atoms with Gasteiger partial charge in [-0.3, -0.25) is 9.69 Å². The maximum absolute atomic E-state index is 13.0. The van der Waals surface area contributed by atoms with Crippen LogP contribution in [0.2, 0.25) is 0 Å². The normalized spacial score (nSPS) is 17.0. The summed E-state index contributed by atoms with van der Waals surface area (Å²) in [5, 5.41) is 0. The van der Waals surface area contributed by atoms with Crippen LogP contribution >= 0.6 is 0 Å². The van der Waals surface area contributed by atoms with Gasteiger partial charge in [-0.05, 0) is 49.2 Å². The Hall–Kier alpha value is -3.31. The molecular formula is C24H21NO4. The van der Waals surface area contributed by atoms with Crippen molar-refractivity contribution in [3.8, 4) is 11.5 Å². The zero-order valence-corrected chi connectivity index (χ0v) is 16.4. The Morgan fingerprint density at radius 3 is 2.72 bits per heavy atom. The molecule has 1 aromatic heterocycles. The average molecular weight is 387 g/mol. The lowest BCUT2D eigenvalue weighted by molar-refractivity contribution is 0.0809. The van der Waals surface area contributed by atoms with Crippen molar-refractivity contribution in [2.24, 2.45) is 0 Å². The predicted octanol–water partition coefficient (Wildman–Crippen LogP) is 4.86. The van der Waals surface area contributed by atoms with Gasteiger partial charge < -0.3 is 13.9 Å². The van der Waals surface area contributed by atoms with E-state index in [-0.39, 0.29) is 5.78 Å². The minimum Gasteiger partial charge on any atom is -0.478 e. The van der Waals surface area contributed by atoms with Gasteiger partial charge in [-0.25, -0.2) is 0 Å². The second-order valence-corrected chi connectivity index (χ2v) is 7.56. The predicted molar refractivity (Wildman–Crippen MR) is 109 cm³/mol. The van der Waals surface area contributed by atoms with Crippen molar-refractivity contribution in [3.05, 3.63) is 88.1 Å². The molecule has 0 bridgehead atoms. The Balaban J connectivity index is 1.48. The number of allylic oxidation sites excluding steroid dienone is 1. The fraction of sp³-hybridized carbons (Fsp3) is 0.208. The topological polar surface area (TPSA) is 51.9 Å². The molecule has 3 heterocycles. The number of Topliss-reactive ketones (excluding diaryl/α,β-unsaturated/α-hetero) is 1. The SMILES string of the molecule is Cc1ccc(/C=C2\Oc3c4c(cc(C)c3C2=O)OCN(Cc2ccco2)C4)cc1. The van der Waals surface area contributed by atoms with Crippen LogP contribution in [0.5, 0.6) is 11.5 Å². The van der Waals surface area contributed by atoms with Crippen LogP contribution in [0.25, 0.3) is 6.08 Å². The van der Waals surface area contributed by atoms with Crippen LogP contribution in [-0.2, 0) is 13.1 Å². The fourth-order valence-electron chi connectivity index (χ4n) is 3.81. The van der Waals surface area contributed by atoms with E-state index in [0.717, 1.165) is 28.2 Å². The molecule has 29 heavy (non-hydrogen) atoms. The van der Waals surface area contributed by atoms with Crippen LogP contribution in [0.3, 0.4) is 0 Å². The van der Waals surface area contributed by atoms with Crippen molar-refractivity contribution in [1.82, 2.24) is 4.90 Å². The van der Waals surface area contributed by atoms with Crippen LogP contribution in [0.4, 0.5) is 0 Å². The molecule has 0 unspecified atom stereocenters. The molecule has 2 aromatic carbocycles. The third kappa shape index (κ3) is 3.23. The van der Waals surface area contributed by atoms with E-state index in [2.05, 4.69) is 4.90 Å². The summed E-state index contributed by atoms with van der Waals surface area (Å²) in [6.07, 6.45) is 3.47. The molecule has 2 aliphatic rings. The van der Waals surface area contributed by atoms with Gasteiger partial charge in [0.1, 0.15) is 24.0 Å². The maximum Gasteiger partial charge on any atom is 0.232 e. The second-order valence-electron chi connectivity index (χ2n) is 7.56. The highest BCUT2D eigenvalue weighted by Crippen LogP contribution is 2.44. The maximum atomic E-state index is 13.0. The molecule has 0 amide bonds. The van der Waals surface area contributed by atoms with Crippen molar-refractivity contribution in [3.63, 3.8) is 0 Å². The van der Waals surface area contributed by atoms with Gasteiger partial charge in [0.05, 0.1) is 23.9 Å². The minimum absolute atomic E-state index is 0.0796. The molecule has 0 spiro atoms. The van der Waals surface area contributed by atoms with Gasteiger partial charge in [-0.2, -0.15) is 0 Å². The number of hydrogen-bond donors (Lipinski definition) is 0. The third-order valence-corrected chi connectivity index (χ3v) is 5.32. The molecule has 0 saturated heterocycles. The lowest BCUT2D eigenvalue weighted by Gasteiger charge is -2.29. The number of benzene rings is 2. The fourth-order valence-corrected chi connectivity index (χ4v) is 3.81. The largest absolute Gasteiger partial charge is 0.478 e. The molecule has 0 radical (unpaired) electrons. The van der Waals surface area contributed by atoms with Crippen LogP contribution in [0, 0.1) is 13.8 Å². The highest BCUT2D eigenvalue weighted by atomic mass is 16.5. The number of furan rings is 1. The number of ether oxygens (including phenoxy) is 2. The van der Waals surface area contributed by atoms with Crippen molar-refractivity contribution >= 4 is 11.9 Å². The molecule has 0 saturated carbocycles. The van der Waals surface area contributed by atoms with Crippen LogP contribution in [0.15, 0.2) is 58.9 Å². The van der Waals surface area contributed by atoms with Gasteiger partial charge in [-0.15, -0.1) is 0 Å². The summed E-state index contributed by atoms with van der Waals surface area (Å²) >= 11 is 0. The third-order valence-electron chi connectivity index (χ3n) is 5.32. The van der Waals surface area contributed by atoms with Gasteiger partial charge in [0.2, 0.25) is 5.78 Å². The van der Waals surface area contributed by atoms with Gasteiger partial charge in [0.25, 0.3) is 0 Å². The first-order valence-corrected chi connectivity index (χ1v) is 9.63. The average Bonchev–Trinajstić information content (AvgIpc) is 3.33. The van der Waals surface area contributed by atoms with Crippen molar-refractivity contribution in [2.75, 3.05) is 6.73 Å². The van der Waals surface area contributed by atoms with Crippen molar-refractivity contribution < 1.29 is 18.7 Å². The number of fused-ring (bicyclic) bond motifs is 3. The molecule has 2 aliphatic heterocycles. The molecule has 146 valence electrons. The zero-order valence-electron chi connectivity index (χ0n) is 16.4. The van der Waals surface area contributed by atoms with E-state index in [9.17, 15) is 4.79 Å². The van der Waals surface area contributed by atoms with E-state index in [0.29, 0.717) is 36.9 Å². The summed E-state index contributed by atoms with van der Waals surface area (Å²) in [6, 6.07) is 13.8. The molecule has 0 fully saturated rings. The second kappa shape index (κ2) is 6.94. The van der Waals surface area contributed by atoms with E-state index in [1.807, 2.05) is 56.3 Å². The number of rotatable bonds is 3. The summed E-state index contributed by atoms with van der Waals surface area (Å²) in [7, 11) is 0. The quantitative estimate of drug-likeness (QED) is 0.601. The highest BCUT2D eigenvalue weighted by Gasteiger charge is 2.35. The summed E-state index contributed by atoms with van der Waals surface area (Å²) in [5.41, 5.74) is 4.52. The molecule has 3 aromatic rings. The smallest absolute Gasteiger partial charge is 0.232 e. The summed E-state index contributed by atoms with van der Waals surface area (Å²) in [5.74, 6) is 2.54. The number of ketones is 1. The number of nitrogens with zero attached hydrogens (tertiary/aromatic N) is 1. The first-order valence-electron chi connectivity index (χ1n) is 9.63. The van der Waals surface area contributed by atoms with Gasteiger partial charge in [0.15, 0.2) is 5.76 Å². The zero-order chi connectivity index (χ0) is 20.0. The number of carbonyl (C=O) groups is 1. The number of hydrogen-bond acceptors (Lipinski definition) is 5. The van der Waals surface area contributed by atoms with E-state index in [1.165, 1.54) is 5.56 Å². The first-order chi connectivity index (χ1) is 14.1. The van der Waals surface area contributed by atoms with E-state index in [4.69, 9.17) is 13.9 Å². The van der Waals surface area contributed by atoms with Crippen LogP contribution in [-0.4, -0.2) is 17.4 Å². The van der Waals surface area contributed by atoms with Crippen molar-refractivity contribution in [2.45, 2.75) is 26.9 Å². The van der Waals surface area contributed by atoms with E-state index in [1.54, 1.807) is 12.3 Å². The molecule has 5 nitrogen and oxygen atoms in total. The number of carbonyl (C=O) groups excluding carboxylic acids is 1. The molecule has 0 aliphatic carbocycles. The Morgan fingerprint density at radius 2 is 1.97 bits per heavy atom.